The summed E-state index contributed by atoms with van der Waals surface area (Å²) >= 11 is 0.800. The molecule has 0 bridgehead atoms. The number of halogens is 2. The van der Waals surface area contributed by atoms with E-state index in [1.807, 2.05) is 0 Å². The molecule has 0 aliphatic rings. The summed E-state index contributed by atoms with van der Waals surface area (Å²) < 4.78 is 25.9. The maximum atomic E-state index is 13.2. The lowest BCUT2D eigenvalue weighted by Gasteiger charge is -2.11. The highest BCUT2D eigenvalue weighted by atomic mass is 32.2. The van der Waals surface area contributed by atoms with Gasteiger partial charge in [-0.05, 0) is 12.1 Å². The Morgan fingerprint density at radius 3 is 2.58 bits per heavy atom. The van der Waals surface area contributed by atoms with E-state index in [0.717, 1.165) is 17.8 Å². The van der Waals surface area contributed by atoms with E-state index in [-0.39, 0.29) is 10.6 Å². The second-order valence-corrected chi connectivity index (χ2v) is 4.52. The SMILES string of the molecule is O=C(CSc1ccc(F)cc1F)N[C@H](CO)C(=O)O. The third kappa shape index (κ3) is 4.84. The van der Waals surface area contributed by atoms with Gasteiger partial charge in [-0.25, -0.2) is 13.6 Å². The predicted molar refractivity (Wildman–Crippen MR) is 63.7 cm³/mol. The summed E-state index contributed by atoms with van der Waals surface area (Å²) in [6.45, 7) is -0.739. The number of nitrogens with one attached hydrogen (secondary N) is 1. The number of aliphatic hydroxyl groups is 1. The van der Waals surface area contributed by atoms with Crippen LogP contribution in [0.25, 0.3) is 0 Å². The van der Waals surface area contributed by atoms with Gasteiger partial charge in [-0.15, -0.1) is 11.8 Å². The monoisotopic (exact) mass is 291 g/mol. The molecule has 1 rings (SSSR count). The number of thioether (sulfide) groups is 1. The van der Waals surface area contributed by atoms with E-state index in [0.29, 0.717) is 6.07 Å². The summed E-state index contributed by atoms with van der Waals surface area (Å²) in [6.07, 6.45) is 0. The molecule has 0 saturated heterocycles. The van der Waals surface area contributed by atoms with Gasteiger partial charge < -0.3 is 15.5 Å². The first-order valence-corrected chi connectivity index (χ1v) is 6.13. The molecule has 3 N–H and O–H groups in total. The van der Waals surface area contributed by atoms with Crippen molar-refractivity contribution in [2.45, 2.75) is 10.9 Å². The van der Waals surface area contributed by atoms with Crippen molar-refractivity contribution < 1.29 is 28.6 Å². The summed E-state index contributed by atoms with van der Waals surface area (Å²) in [4.78, 5) is 22.0. The van der Waals surface area contributed by atoms with E-state index in [1.54, 1.807) is 0 Å². The molecule has 0 aliphatic carbocycles. The standard InChI is InChI=1S/C11H11F2NO4S/c12-6-1-2-9(7(13)3-6)19-5-10(16)14-8(4-15)11(17)18/h1-3,8,15H,4-5H2,(H,14,16)(H,17,18)/t8-/m1/s1. The molecule has 0 aliphatic heterocycles. The average molecular weight is 291 g/mol. The fourth-order valence-electron chi connectivity index (χ4n) is 1.16. The van der Waals surface area contributed by atoms with Gasteiger partial charge in [-0.1, -0.05) is 0 Å². The van der Waals surface area contributed by atoms with Gasteiger partial charge in [-0.2, -0.15) is 0 Å². The number of aliphatic carboxylic acids is 1. The maximum Gasteiger partial charge on any atom is 0.328 e. The largest absolute Gasteiger partial charge is 0.480 e. The van der Waals surface area contributed by atoms with Crippen LogP contribution in [0, 0.1) is 11.6 Å². The van der Waals surface area contributed by atoms with Gasteiger partial charge >= 0.3 is 5.97 Å². The number of amides is 1. The Morgan fingerprint density at radius 2 is 2.05 bits per heavy atom. The number of aliphatic hydroxyl groups excluding tert-OH is 1. The maximum absolute atomic E-state index is 13.2. The Morgan fingerprint density at radius 1 is 1.37 bits per heavy atom. The van der Waals surface area contributed by atoms with E-state index in [2.05, 4.69) is 5.32 Å². The van der Waals surface area contributed by atoms with Crippen molar-refractivity contribution in [3.63, 3.8) is 0 Å². The van der Waals surface area contributed by atoms with Crippen LogP contribution in [-0.4, -0.2) is 40.5 Å². The second kappa shape index (κ2) is 7.05. The molecule has 19 heavy (non-hydrogen) atoms. The normalized spacial score (nSPS) is 11.9. The fourth-order valence-corrected chi connectivity index (χ4v) is 1.89. The zero-order valence-corrected chi connectivity index (χ0v) is 10.4. The van der Waals surface area contributed by atoms with Crippen LogP contribution >= 0.6 is 11.8 Å². The van der Waals surface area contributed by atoms with Crippen molar-refractivity contribution in [1.29, 1.82) is 0 Å². The minimum Gasteiger partial charge on any atom is -0.480 e. The molecule has 0 unspecified atom stereocenters. The van der Waals surface area contributed by atoms with Gasteiger partial charge in [-0.3, -0.25) is 4.79 Å². The number of hydrogen-bond acceptors (Lipinski definition) is 4. The highest BCUT2D eigenvalue weighted by Crippen LogP contribution is 2.21. The predicted octanol–water partition coefficient (Wildman–Crippen LogP) is 0.619. The Labute approximate surface area is 111 Å². The van der Waals surface area contributed by atoms with Gasteiger partial charge in [0.25, 0.3) is 0 Å². The number of carboxylic acid groups (broad SMARTS) is 1. The van der Waals surface area contributed by atoms with Crippen LogP contribution < -0.4 is 5.32 Å². The lowest BCUT2D eigenvalue weighted by atomic mass is 10.3. The van der Waals surface area contributed by atoms with Crippen molar-refractivity contribution >= 4 is 23.6 Å². The minimum atomic E-state index is -1.40. The molecule has 1 aromatic rings. The zero-order valence-electron chi connectivity index (χ0n) is 9.60. The van der Waals surface area contributed by atoms with Crippen LogP contribution in [0.15, 0.2) is 23.1 Å². The first-order valence-electron chi connectivity index (χ1n) is 5.15. The van der Waals surface area contributed by atoms with Crippen LogP contribution in [0.1, 0.15) is 0 Å². The van der Waals surface area contributed by atoms with E-state index >= 15 is 0 Å². The highest BCUT2D eigenvalue weighted by molar-refractivity contribution is 8.00. The third-order valence-corrected chi connectivity index (χ3v) is 3.12. The molecule has 0 aromatic heterocycles. The minimum absolute atomic E-state index is 0.0763. The highest BCUT2D eigenvalue weighted by Gasteiger charge is 2.18. The Balaban J connectivity index is 2.52. The van der Waals surface area contributed by atoms with Gasteiger partial charge in [0.05, 0.1) is 12.4 Å². The molecular formula is C11H11F2NO4S. The first-order chi connectivity index (χ1) is 8.93. The summed E-state index contributed by atoms with van der Waals surface area (Å²) in [5.74, 6) is -3.80. The third-order valence-electron chi connectivity index (χ3n) is 2.07. The van der Waals surface area contributed by atoms with Gasteiger partial charge in [0.1, 0.15) is 17.7 Å². The first kappa shape index (κ1) is 15.4. The number of carbonyl (C=O) groups excluding carboxylic acids is 1. The van der Waals surface area contributed by atoms with Gasteiger partial charge in [0.15, 0.2) is 0 Å². The smallest absolute Gasteiger partial charge is 0.328 e. The topological polar surface area (TPSA) is 86.6 Å². The zero-order chi connectivity index (χ0) is 14.4. The fraction of sp³-hybridized carbons (Fsp3) is 0.273. The van der Waals surface area contributed by atoms with Crippen LogP contribution in [0.5, 0.6) is 0 Å². The van der Waals surface area contributed by atoms with Crippen LogP contribution in [0.3, 0.4) is 0 Å². The molecule has 0 radical (unpaired) electrons. The number of carbonyl (C=O) groups is 2. The Bertz CT molecular complexity index is 484. The lowest BCUT2D eigenvalue weighted by Crippen LogP contribution is -2.44. The van der Waals surface area contributed by atoms with E-state index < -0.39 is 36.2 Å². The summed E-state index contributed by atoms with van der Waals surface area (Å²) in [5, 5.41) is 19.4. The molecule has 0 fully saturated rings. The molecule has 1 aromatic carbocycles. The molecule has 5 nitrogen and oxygen atoms in total. The summed E-state index contributed by atoms with van der Waals surface area (Å²) in [5.41, 5.74) is 0. The summed E-state index contributed by atoms with van der Waals surface area (Å²) in [6, 6.07) is 1.53. The quantitative estimate of drug-likeness (QED) is 0.669. The number of rotatable bonds is 6. The summed E-state index contributed by atoms with van der Waals surface area (Å²) in [7, 11) is 0. The van der Waals surface area contributed by atoms with Crippen LogP contribution in [-0.2, 0) is 9.59 Å². The van der Waals surface area contributed by atoms with E-state index in [1.165, 1.54) is 6.07 Å². The average Bonchev–Trinajstić information content (AvgIpc) is 2.34. The lowest BCUT2D eigenvalue weighted by molar-refractivity contribution is -0.142. The van der Waals surface area contributed by atoms with Crippen LogP contribution in [0.4, 0.5) is 8.78 Å². The Kier molecular flexibility index (Phi) is 5.71. The van der Waals surface area contributed by atoms with Crippen molar-refractivity contribution in [1.82, 2.24) is 5.32 Å². The molecule has 0 heterocycles. The van der Waals surface area contributed by atoms with Gasteiger partial charge in [0, 0.05) is 11.0 Å². The van der Waals surface area contributed by atoms with Gasteiger partial charge in [0.2, 0.25) is 5.91 Å². The number of hydrogen-bond donors (Lipinski definition) is 3. The van der Waals surface area contributed by atoms with Crippen molar-refractivity contribution in [3.05, 3.63) is 29.8 Å². The number of benzene rings is 1. The second-order valence-electron chi connectivity index (χ2n) is 3.50. The molecule has 1 atom stereocenters. The van der Waals surface area contributed by atoms with E-state index in [9.17, 15) is 18.4 Å². The van der Waals surface area contributed by atoms with Crippen molar-refractivity contribution in [3.8, 4) is 0 Å². The molecule has 8 heteroatoms. The molecule has 0 spiro atoms. The van der Waals surface area contributed by atoms with Crippen molar-refractivity contribution in [2.75, 3.05) is 12.4 Å². The molecule has 1 amide bonds. The molecule has 104 valence electrons. The van der Waals surface area contributed by atoms with Crippen LogP contribution in [0.2, 0.25) is 0 Å². The Hall–Kier alpha value is -1.67. The van der Waals surface area contributed by atoms with E-state index in [4.69, 9.17) is 10.2 Å². The number of carboxylic acids is 1. The molecular weight excluding hydrogens is 280 g/mol. The van der Waals surface area contributed by atoms with Crippen molar-refractivity contribution in [2.24, 2.45) is 0 Å². The molecule has 0 saturated carbocycles.